The number of aromatic nitrogens is 4. The smallest absolute Gasteiger partial charge is 0.253 e. The molecular weight excluding hydrogens is 436 g/mol. The van der Waals surface area contributed by atoms with Crippen LogP contribution < -0.4 is 10.6 Å². The van der Waals surface area contributed by atoms with Crippen LogP contribution in [0.5, 0.6) is 0 Å². The molecule has 2 amide bonds. The summed E-state index contributed by atoms with van der Waals surface area (Å²) in [6.07, 6.45) is 0. The number of carbonyl (C=O) groups excluding carboxylic acids is 2. The first-order valence-electron chi connectivity index (χ1n) is 10.5. The number of thioether (sulfide) groups is 1. The minimum atomic E-state index is -0.256. The molecule has 4 aromatic rings. The van der Waals surface area contributed by atoms with Gasteiger partial charge in [-0.25, -0.2) is 9.50 Å². The summed E-state index contributed by atoms with van der Waals surface area (Å²) in [5.41, 5.74) is 3.64. The number of nitrogens with zero attached hydrogens (tertiary/aromatic N) is 4. The topological polar surface area (TPSA) is 101 Å². The fourth-order valence-electron chi connectivity index (χ4n) is 3.42. The van der Waals surface area contributed by atoms with Crippen molar-refractivity contribution in [2.75, 3.05) is 11.1 Å². The third-order valence-corrected chi connectivity index (χ3v) is 5.86. The lowest BCUT2D eigenvalue weighted by Gasteiger charge is -2.16. The summed E-state index contributed by atoms with van der Waals surface area (Å²) in [4.78, 5) is 34.2. The van der Waals surface area contributed by atoms with Crippen LogP contribution in [-0.2, 0) is 4.79 Å². The van der Waals surface area contributed by atoms with Gasteiger partial charge in [-0.1, -0.05) is 54.2 Å². The summed E-state index contributed by atoms with van der Waals surface area (Å²) in [7, 11) is 0. The number of rotatable bonds is 7. The van der Waals surface area contributed by atoms with E-state index >= 15 is 0 Å². The number of anilines is 1. The summed E-state index contributed by atoms with van der Waals surface area (Å²) in [5.74, 6) is 0.0977. The van der Waals surface area contributed by atoms with Crippen LogP contribution in [0.2, 0.25) is 0 Å². The van der Waals surface area contributed by atoms with E-state index in [9.17, 15) is 9.59 Å². The Kier molecular flexibility index (Phi) is 6.69. The van der Waals surface area contributed by atoms with E-state index in [4.69, 9.17) is 0 Å². The van der Waals surface area contributed by atoms with Gasteiger partial charge in [0.25, 0.3) is 11.7 Å². The van der Waals surface area contributed by atoms with Crippen LogP contribution in [0.15, 0.2) is 65.8 Å². The largest absolute Gasteiger partial charge is 0.345 e. The molecule has 0 aliphatic carbocycles. The Morgan fingerprint density at radius 3 is 2.55 bits per heavy atom. The molecule has 2 aromatic heterocycles. The van der Waals surface area contributed by atoms with E-state index in [1.807, 2.05) is 57.2 Å². The highest BCUT2D eigenvalue weighted by Gasteiger charge is 2.17. The van der Waals surface area contributed by atoms with Gasteiger partial charge in [0, 0.05) is 11.4 Å². The Morgan fingerprint density at radius 1 is 1.03 bits per heavy atom. The van der Waals surface area contributed by atoms with Gasteiger partial charge in [0.05, 0.1) is 23.0 Å². The zero-order valence-corrected chi connectivity index (χ0v) is 19.4. The summed E-state index contributed by atoms with van der Waals surface area (Å²) in [5, 5.41) is 10.7. The molecule has 0 aliphatic heterocycles. The molecular formula is C24H24N6O2S. The van der Waals surface area contributed by atoms with Crippen LogP contribution in [0.3, 0.4) is 0 Å². The first-order chi connectivity index (χ1) is 15.9. The number of nitrogens with one attached hydrogen (secondary N) is 2. The number of hydrogen-bond acceptors (Lipinski definition) is 6. The molecule has 9 heteroatoms. The van der Waals surface area contributed by atoms with Crippen LogP contribution in [0, 0.1) is 13.8 Å². The minimum absolute atomic E-state index is 0.102. The molecule has 0 aliphatic rings. The van der Waals surface area contributed by atoms with Crippen LogP contribution >= 0.6 is 11.8 Å². The van der Waals surface area contributed by atoms with Crippen molar-refractivity contribution in [3.63, 3.8) is 0 Å². The van der Waals surface area contributed by atoms with Crippen molar-refractivity contribution in [2.24, 2.45) is 0 Å². The Balaban J connectivity index is 1.40. The second-order valence-corrected chi connectivity index (χ2v) is 8.58. The Morgan fingerprint density at radius 2 is 1.76 bits per heavy atom. The van der Waals surface area contributed by atoms with Gasteiger partial charge >= 0.3 is 0 Å². The highest BCUT2D eigenvalue weighted by Crippen LogP contribution is 2.20. The number of aryl methyl sites for hydroxylation is 2. The van der Waals surface area contributed by atoms with Gasteiger partial charge in [-0.2, -0.15) is 4.98 Å². The second kappa shape index (κ2) is 9.83. The van der Waals surface area contributed by atoms with E-state index in [1.54, 1.807) is 28.8 Å². The molecule has 2 N–H and O–H groups in total. The van der Waals surface area contributed by atoms with Gasteiger partial charge in [0.15, 0.2) is 0 Å². The third kappa shape index (κ3) is 5.38. The molecule has 8 nitrogen and oxygen atoms in total. The third-order valence-electron chi connectivity index (χ3n) is 5.02. The van der Waals surface area contributed by atoms with Crippen LogP contribution in [-0.4, -0.2) is 37.1 Å². The lowest BCUT2D eigenvalue weighted by atomic mass is 10.1. The van der Waals surface area contributed by atoms with E-state index in [2.05, 4.69) is 25.7 Å². The van der Waals surface area contributed by atoms with Crippen molar-refractivity contribution in [3.8, 4) is 0 Å². The standard InChI is InChI=1S/C24H24N6O2S/c1-15-13-16(2)30-23(25-15)28-24(29-30)33-14-21(31)27-20-12-8-7-11-19(20)22(32)26-17(3)18-9-5-4-6-10-18/h4-13,17H,14H2,1-3H3,(H,26,32)(H,27,31)/t17-/m0/s1. The first kappa shape index (κ1) is 22.5. The average molecular weight is 461 g/mol. The summed E-state index contributed by atoms with van der Waals surface area (Å²) >= 11 is 1.21. The lowest BCUT2D eigenvalue weighted by Crippen LogP contribution is -2.28. The Labute approximate surface area is 195 Å². The molecule has 2 aromatic carbocycles. The maximum Gasteiger partial charge on any atom is 0.253 e. The van der Waals surface area contributed by atoms with Gasteiger partial charge in [-0.3, -0.25) is 9.59 Å². The Bertz CT molecular complexity index is 1310. The minimum Gasteiger partial charge on any atom is -0.345 e. The number of para-hydroxylation sites is 1. The fourth-order valence-corrected chi connectivity index (χ4v) is 4.03. The molecule has 2 heterocycles. The second-order valence-electron chi connectivity index (χ2n) is 7.63. The highest BCUT2D eigenvalue weighted by atomic mass is 32.2. The number of amides is 2. The quantitative estimate of drug-likeness (QED) is 0.405. The number of hydrogen-bond donors (Lipinski definition) is 2. The van der Waals surface area contributed by atoms with Crippen molar-refractivity contribution in [1.29, 1.82) is 0 Å². The molecule has 33 heavy (non-hydrogen) atoms. The normalized spacial score (nSPS) is 11.8. The molecule has 0 spiro atoms. The van der Waals surface area contributed by atoms with Crippen molar-refractivity contribution < 1.29 is 9.59 Å². The van der Waals surface area contributed by atoms with Gasteiger partial charge in [-0.05, 0) is 44.5 Å². The number of fused-ring (bicyclic) bond motifs is 1. The van der Waals surface area contributed by atoms with Gasteiger partial charge < -0.3 is 10.6 Å². The van der Waals surface area contributed by atoms with Crippen LogP contribution in [0.1, 0.15) is 40.3 Å². The zero-order chi connectivity index (χ0) is 23.4. The monoisotopic (exact) mass is 460 g/mol. The molecule has 0 unspecified atom stereocenters. The van der Waals surface area contributed by atoms with Crippen molar-refractivity contribution >= 4 is 35.0 Å². The molecule has 4 rings (SSSR count). The van der Waals surface area contributed by atoms with Crippen molar-refractivity contribution in [2.45, 2.75) is 32.0 Å². The van der Waals surface area contributed by atoms with E-state index < -0.39 is 0 Å². The first-order valence-corrected chi connectivity index (χ1v) is 11.5. The number of carbonyl (C=O) groups is 2. The summed E-state index contributed by atoms with van der Waals surface area (Å²) in [6, 6.07) is 18.4. The molecule has 0 saturated heterocycles. The molecule has 0 saturated carbocycles. The van der Waals surface area contributed by atoms with E-state index in [1.165, 1.54) is 11.8 Å². The predicted octanol–water partition coefficient (Wildman–Crippen LogP) is 3.96. The van der Waals surface area contributed by atoms with Crippen LogP contribution in [0.25, 0.3) is 5.78 Å². The summed E-state index contributed by atoms with van der Waals surface area (Å²) < 4.78 is 1.65. The van der Waals surface area contributed by atoms with E-state index in [0.29, 0.717) is 22.2 Å². The Hall–Kier alpha value is -3.72. The van der Waals surface area contributed by atoms with Gasteiger partial charge in [0.1, 0.15) is 0 Å². The highest BCUT2D eigenvalue weighted by molar-refractivity contribution is 7.99. The van der Waals surface area contributed by atoms with Gasteiger partial charge in [-0.15, -0.1) is 5.10 Å². The molecule has 1 atom stereocenters. The average Bonchev–Trinajstić information content (AvgIpc) is 3.22. The van der Waals surface area contributed by atoms with Gasteiger partial charge in [0.2, 0.25) is 11.1 Å². The van der Waals surface area contributed by atoms with Crippen molar-refractivity contribution in [1.82, 2.24) is 24.9 Å². The van der Waals surface area contributed by atoms with Crippen molar-refractivity contribution in [3.05, 3.63) is 83.2 Å². The number of benzene rings is 2. The SMILES string of the molecule is Cc1cc(C)n2nc(SCC(=O)Nc3ccccc3C(=O)N[C@@H](C)c3ccccc3)nc2n1. The van der Waals surface area contributed by atoms with Crippen LogP contribution in [0.4, 0.5) is 5.69 Å². The maximum absolute atomic E-state index is 12.9. The molecule has 0 fully saturated rings. The van der Waals surface area contributed by atoms with E-state index in [0.717, 1.165) is 17.0 Å². The molecule has 168 valence electrons. The van der Waals surface area contributed by atoms with E-state index in [-0.39, 0.29) is 23.6 Å². The lowest BCUT2D eigenvalue weighted by molar-refractivity contribution is -0.113. The zero-order valence-electron chi connectivity index (χ0n) is 18.6. The predicted molar refractivity (Wildman–Crippen MR) is 128 cm³/mol. The maximum atomic E-state index is 12.9. The summed E-state index contributed by atoms with van der Waals surface area (Å²) in [6.45, 7) is 5.75. The fraction of sp³-hybridized carbons (Fsp3) is 0.208. The molecule has 0 bridgehead atoms. The molecule has 0 radical (unpaired) electrons.